The zero-order valence-corrected chi connectivity index (χ0v) is 15.2. The van der Waals surface area contributed by atoms with E-state index in [4.69, 9.17) is 4.74 Å². The summed E-state index contributed by atoms with van der Waals surface area (Å²) in [7, 11) is 1.66. The molecule has 2 fully saturated rings. The zero-order chi connectivity index (χ0) is 17.9. The molecule has 0 N–H and O–H groups in total. The minimum Gasteiger partial charge on any atom is -0.383 e. The van der Waals surface area contributed by atoms with Crippen LogP contribution in [0.1, 0.15) is 31.5 Å². The number of hydrogen-bond donors (Lipinski definition) is 0. The normalized spacial score (nSPS) is 24.2. The van der Waals surface area contributed by atoms with Gasteiger partial charge in [-0.15, -0.1) is 0 Å². The minimum absolute atomic E-state index is 0.0412. The van der Waals surface area contributed by atoms with Crippen molar-refractivity contribution in [3.63, 3.8) is 0 Å². The van der Waals surface area contributed by atoms with Crippen LogP contribution in [0.3, 0.4) is 0 Å². The lowest BCUT2D eigenvalue weighted by Crippen LogP contribution is -2.55. The van der Waals surface area contributed by atoms with E-state index in [2.05, 4.69) is 4.98 Å². The number of methoxy groups -OCH3 is 1. The van der Waals surface area contributed by atoms with E-state index in [1.807, 2.05) is 27.5 Å². The molecule has 3 rings (SSSR count). The SMILES string of the molecule is COCCN1CC2(CCCN(C(=O)Cn3ccnc3C)C2)CCC1=O. The highest BCUT2D eigenvalue weighted by molar-refractivity contribution is 5.78. The number of aromatic nitrogens is 2. The molecular weight excluding hydrogens is 320 g/mol. The van der Waals surface area contributed by atoms with Crippen molar-refractivity contribution in [1.29, 1.82) is 0 Å². The third-order valence-corrected chi connectivity index (χ3v) is 5.56. The van der Waals surface area contributed by atoms with E-state index in [1.54, 1.807) is 13.3 Å². The van der Waals surface area contributed by atoms with Crippen molar-refractivity contribution in [3.05, 3.63) is 18.2 Å². The third-order valence-electron chi connectivity index (χ3n) is 5.56. The molecular formula is C18H28N4O3. The van der Waals surface area contributed by atoms with Gasteiger partial charge in [-0.3, -0.25) is 9.59 Å². The van der Waals surface area contributed by atoms with Crippen molar-refractivity contribution in [2.45, 2.75) is 39.2 Å². The highest BCUT2D eigenvalue weighted by Crippen LogP contribution is 2.38. The summed E-state index contributed by atoms with van der Waals surface area (Å²) in [5.41, 5.74) is 0.0412. The number of imidazole rings is 1. The molecule has 1 unspecified atom stereocenters. The lowest BCUT2D eigenvalue weighted by molar-refractivity contribution is -0.143. The van der Waals surface area contributed by atoms with E-state index < -0.39 is 0 Å². The van der Waals surface area contributed by atoms with Gasteiger partial charge in [0.05, 0.1) is 6.61 Å². The van der Waals surface area contributed by atoms with E-state index in [0.29, 0.717) is 26.1 Å². The molecule has 0 bridgehead atoms. The van der Waals surface area contributed by atoms with Crippen LogP contribution in [0, 0.1) is 12.3 Å². The Hall–Kier alpha value is -1.89. The Bertz CT molecular complexity index is 630. The van der Waals surface area contributed by atoms with Gasteiger partial charge in [-0.25, -0.2) is 4.98 Å². The van der Waals surface area contributed by atoms with Crippen LogP contribution >= 0.6 is 0 Å². The summed E-state index contributed by atoms with van der Waals surface area (Å²) in [6.45, 7) is 5.74. The molecule has 1 atom stereocenters. The number of aryl methyl sites for hydroxylation is 1. The number of carbonyl (C=O) groups is 2. The quantitative estimate of drug-likeness (QED) is 0.798. The first-order chi connectivity index (χ1) is 12.0. The number of amides is 2. The molecule has 2 saturated heterocycles. The predicted molar refractivity (Wildman–Crippen MR) is 92.9 cm³/mol. The van der Waals surface area contributed by atoms with E-state index in [1.165, 1.54) is 0 Å². The highest BCUT2D eigenvalue weighted by Gasteiger charge is 2.42. The summed E-state index contributed by atoms with van der Waals surface area (Å²) in [4.78, 5) is 33.0. The van der Waals surface area contributed by atoms with Gasteiger partial charge in [0.1, 0.15) is 12.4 Å². The molecule has 7 heteroatoms. The second kappa shape index (κ2) is 7.56. The first kappa shape index (κ1) is 17.9. The van der Waals surface area contributed by atoms with E-state index >= 15 is 0 Å². The lowest BCUT2D eigenvalue weighted by atomic mass is 9.73. The molecule has 2 aliphatic rings. The molecule has 0 aromatic carbocycles. The first-order valence-electron chi connectivity index (χ1n) is 9.05. The number of hydrogen-bond acceptors (Lipinski definition) is 4. The molecule has 1 aromatic rings. The molecule has 138 valence electrons. The first-order valence-corrected chi connectivity index (χ1v) is 9.05. The minimum atomic E-state index is 0.0412. The van der Waals surface area contributed by atoms with Crippen LogP contribution in [0.25, 0.3) is 0 Å². The second-order valence-electron chi connectivity index (χ2n) is 7.33. The van der Waals surface area contributed by atoms with Crippen LogP contribution < -0.4 is 0 Å². The van der Waals surface area contributed by atoms with Gasteiger partial charge in [0, 0.05) is 57.5 Å². The number of carbonyl (C=O) groups excluding carboxylic acids is 2. The van der Waals surface area contributed by atoms with Gasteiger partial charge in [0.15, 0.2) is 0 Å². The Morgan fingerprint density at radius 1 is 1.36 bits per heavy atom. The Kier molecular flexibility index (Phi) is 5.42. The van der Waals surface area contributed by atoms with Crippen molar-refractivity contribution >= 4 is 11.8 Å². The Balaban J connectivity index is 1.64. The molecule has 0 radical (unpaired) electrons. The molecule has 1 spiro atoms. The molecule has 25 heavy (non-hydrogen) atoms. The summed E-state index contributed by atoms with van der Waals surface area (Å²) in [5, 5.41) is 0. The molecule has 0 saturated carbocycles. The van der Waals surface area contributed by atoms with Crippen LogP contribution in [0.5, 0.6) is 0 Å². The number of nitrogens with zero attached hydrogens (tertiary/aromatic N) is 4. The second-order valence-corrected chi connectivity index (χ2v) is 7.33. The Morgan fingerprint density at radius 2 is 2.20 bits per heavy atom. The highest BCUT2D eigenvalue weighted by atomic mass is 16.5. The van der Waals surface area contributed by atoms with Crippen LogP contribution in [-0.2, 0) is 20.9 Å². The van der Waals surface area contributed by atoms with Gasteiger partial charge in [-0.1, -0.05) is 0 Å². The van der Waals surface area contributed by atoms with Crippen LogP contribution in [-0.4, -0.2) is 71.1 Å². The number of likely N-dealkylation sites (tertiary alicyclic amines) is 2. The molecule has 0 aliphatic carbocycles. The van der Waals surface area contributed by atoms with Crippen molar-refractivity contribution in [1.82, 2.24) is 19.4 Å². The monoisotopic (exact) mass is 348 g/mol. The van der Waals surface area contributed by atoms with Gasteiger partial charge in [-0.2, -0.15) is 0 Å². The molecule has 3 heterocycles. The average molecular weight is 348 g/mol. The van der Waals surface area contributed by atoms with E-state index in [0.717, 1.165) is 44.7 Å². The maximum absolute atomic E-state index is 12.7. The summed E-state index contributed by atoms with van der Waals surface area (Å²) in [5.74, 6) is 1.20. The van der Waals surface area contributed by atoms with Gasteiger partial charge in [-0.05, 0) is 26.2 Å². The van der Waals surface area contributed by atoms with Crippen molar-refractivity contribution in [3.8, 4) is 0 Å². The molecule has 2 amide bonds. The van der Waals surface area contributed by atoms with Crippen LogP contribution in [0.4, 0.5) is 0 Å². The van der Waals surface area contributed by atoms with Crippen molar-refractivity contribution in [2.24, 2.45) is 5.41 Å². The Morgan fingerprint density at radius 3 is 2.92 bits per heavy atom. The van der Waals surface area contributed by atoms with Gasteiger partial charge in [0.25, 0.3) is 0 Å². The van der Waals surface area contributed by atoms with Crippen molar-refractivity contribution < 1.29 is 14.3 Å². The van der Waals surface area contributed by atoms with Gasteiger partial charge in [0.2, 0.25) is 11.8 Å². The number of rotatable bonds is 5. The summed E-state index contributed by atoms with van der Waals surface area (Å²) < 4.78 is 7.02. The number of piperidine rings is 2. The lowest BCUT2D eigenvalue weighted by Gasteiger charge is -2.48. The van der Waals surface area contributed by atoms with Gasteiger partial charge < -0.3 is 19.1 Å². The topological polar surface area (TPSA) is 67.7 Å². The molecule has 1 aromatic heterocycles. The fourth-order valence-electron chi connectivity index (χ4n) is 4.08. The largest absolute Gasteiger partial charge is 0.383 e. The standard InChI is InChI=1S/C18H28N4O3/c1-15-19-7-9-20(15)12-17(24)21-8-3-5-18(13-21)6-4-16(23)22(14-18)10-11-25-2/h7,9H,3-6,8,10-14H2,1-2H3. The number of ether oxygens (including phenoxy) is 1. The summed E-state index contributed by atoms with van der Waals surface area (Å²) in [6.07, 6.45) is 7.10. The average Bonchev–Trinajstić information content (AvgIpc) is 3.01. The third kappa shape index (κ3) is 4.03. The predicted octanol–water partition coefficient (Wildman–Crippen LogP) is 1.07. The van der Waals surface area contributed by atoms with Crippen molar-refractivity contribution in [2.75, 3.05) is 39.9 Å². The Labute approximate surface area is 148 Å². The maximum atomic E-state index is 12.7. The van der Waals surface area contributed by atoms with Crippen LogP contribution in [0.15, 0.2) is 12.4 Å². The summed E-state index contributed by atoms with van der Waals surface area (Å²) in [6, 6.07) is 0. The fourth-order valence-corrected chi connectivity index (χ4v) is 4.08. The zero-order valence-electron chi connectivity index (χ0n) is 15.2. The van der Waals surface area contributed by atoms with E-state index in [9.17, 15) is 9.59 Å². The molecule has 2 aliphatic heterocycles. The summed E-state index contributed by atoms with van der Waals surface area (Å²) >= 11 is 0. The maximum Gasteiger partial charge on any atom is 0.242 e. The smallest absolute Gasteiger partial charge is 0.242 e. The van der Waals surface area contributed by atoms with E-state index in [-0.39, 0.29) is 17.2 Å². The molecule has 7 nitrogen and oxygen atoms in total. The van der Waals surface area contributed by atoms with Gasteiger partial charge >= 0.3 is 0 Å². The van der Waals surface area contributed by atoms with Crippen LogP contribution in [0.2, 0.25) is 0 Å². The fraction of sp³-hybridized carbons (Fsp3) is 0.722.